The number of nitrogens with one attached hydrogen (secondary N) is 1. The van der Waals surface area contributed by atoms with E-state index < -0.39 is 0 Å². The first-order valence-electron chi connectivity index (χ1n) is 12.4. The van der Waals surface area contributed by atoms with Crippen LogP contribution in [0.1, 0.15) is 124 Å². The average molecular weight is 395 g/mol. The lowest BCUT2D eigenvalue weighted by atomic mass is 10.1. The molecule has 0 saturated heterocycles. The van der Waals surface area contributed by atoms with E-state index in [0.717, 1.165) is 25.9 Å². The molecule has 1 atom stereocenters. The van der Waals surface area contributed by atoms with Crippen LogP contribution in [0, 0.1) is 0 Å². The second-order valence-electron chi connectivity index (χ2n) is 8.05. The number of allylic oxidation sites excluding steroid dienone is 2. The van der Waals surface area contributed by atoms with Crippen molar-refractivity contribution in [3.8, 4) is 0 Å². The molecule has 0 saturated carbocycles. The van der Waals surface area contributed by atoms with E-state index in [0.29, 0.717) is 6.42 Å². The summed E-state index contributed by atoms with van der Waals surface area (Å²) in [6, 6.07) is 0. The molecule has 0 radical (unpaired) electrons. The molecule has 166 valence electrons. The molecule has 1 amide bonds. The number of hydrogen-bond donors (Lipinski definition) is 1. The third-order valence-electron chi connectivity index (χ3n) is 5.63. The van der Waals surface area contributed by atoms with Crippen LogP contribution in [0.2, 0.25) is 0 Å². The Labute approximate surface area is 176 Å². The topological polar surface area (TPSA) is 32.3 Å². The van der Waals surface area contributed by atoms with Crippen LogP contribution in [0.15, 0.2) is 12.2 Å². The average Bonchev–Trinajstić information content (AvgIpc) is 2.70. The van der Waals surface area contributed by atoms with Crippen molar-refractivity contribution in [2.45, 2.75) is 130 Å². The molecule has 0 fully saturated rings. The molecule has 0 aliphatic heterocycles. The molecule has 0 aromatic rings. The minimum atomic E-state index is 0.200. The van der Waals surface area contributed by atoms with E-state index >= 15 is 0 Å². The minimum Gasteiger partial charge on any atom is -0.341 e. The third kappa shape index (κ3) is 16.2. The highest BCUT2D eigenvalue weighted by atomic mass is 16.1. The van der Waals surface area contributed by atoms with Crippen LogP contribution < -0.4 is 5.32 Å². The van der Waals surface area contributed by atoms with Gasteiger partial charge in [0.15, 0.2) is 0 Å². The Balaban J connectivity index is 3.49. The predicted molar refractivity (Wildman–Crippen MR) is 125 cm³/mol. The maximum absolute atomic E-state index is 12.1. The molecule has 0 bridgehead atoms. The van der Waals surface area contributed by atoms with E-state index in [2.05, 4.69) is 50.1 Å². The lowest BCUT2D eigenvalue weighted by Gasteiger charge is -2.29. The van der Waals surface area contributed by atoms with Crippen LogP contribution in [-0.4, -0.2) is 30.1 Å². The summed E-state index contributed by atoms with van der Waals surface area (Å²) in [5.41, 5.74) is 0. The van der Waals surface area contributed by atoms with Crippen molar-refractivity contribution in [1.82, 2.24) is 10.2 Å². The van der Waals surface area contributed by atoms with Gasteiger partial charge < -0.3 is 5.32 Å². The van der Waals surface area contributed by atoms with Gasteiger partial charge in [0.1, 0.15) is 0 Å². The number of carbonyl (C=O) groups is 1. The van der Waals surface area contributed by atoms with Gasteiger partial charge in [-0.2, -0.15) is 0 Å². The maximum atomic E-state index is 12.1. The van der Waals surface area contributed by atoms with Gasteiger partial charge in [0.2, 0.25) is 5.91 Å². The van der Waals surface area contributed by atoms with Crippen molar-refractivity contribution in [3.63, 3.8) is 0 Å². The Kier molecular flexibility index (Phi) is 20.3. The smallest absolute Gasteiger partial charge is 0.221 e. The first-order chi connectivity index (χ1) is 13.7. The summed E-state index contributed by atoms with van der Waals surface area (Å²) >= 11 is 0. The number of unbranched alkanes of at least 4 members (excludes halogenated alkanes) is 11. The minimum absolute atomic E-state index is 0.200. The second-order valence-corrected chi connectivity index (χ2v) is 8.05. The molecule has 0 aliphatic rings. The Hall–Kier alpha value is -0.830. The van der Waals surface area contributed by atoms with Crippen molar-refractivity contribution in [3.05, 3.63) is 12.2 Å². The summed E-state index contributed by atoms with van der Waals surface area (Å²) < 4.78 is 0. The van der Waals surface area contributed by atoms with Crippen molar-refractivity contribution in [1.29, 1.82) is 0 Å². The molecule has 1 N–H and O–H groups in total. The molecule has 1 unspecified atom stereocenters. The van der Waals surface area contributed by atoms with E-state index in [9.17, 15) is 4.79 Å². The highest BCUT2D eigenvalue weighted by Gasteiger charge is 2.15. The molecular weight excluding hydrogens is 344 g/mol. The zero-order valence-electron chi connectivity index (χ0n) is 19.6. The Morgan fingerprint density at radius 1 is 0.750 bits per heavy atom. The van der Waals surface area contributed by atoms with Gasteiger partial charge >= 0.3 is 0 Å². The molecule has 0 rings (SSSR count). The van der Waals surface area contributed by atoms with Gasteiger partial charge in [-0.15, -0.1) is 0 Å². The van der Waals surface area contributed by atoms with Gasteiger partial charge in [-0.1, -0.05) is 91.2 Å². The Morgan fingerprint density at radius 2 is 1.25 bits per heavy atom. The number of amides is 1. The van der Waals surface area contributed by atoms with Gasteiger partial charge in [0, 0.05) is 6.42 Å². The molecular formula is C25H50N2O. The second kappa shape index (κ2) is 20.9. The van der Waals surface area contributed by atoms with Crippen molar-refractivity contribution < 1.29 is 4.79 Å². The molecule has 0 aromatic carbocycles. The van der Waals surface area contributed by atoms with Crippen LogP contribution in [0.3, 0.4) is 0 Å². The highest BCUT2D eigenvalue weighted by molar-refractivity contribution is 5.76. The van der Waals surface area contributed by atoms with E-state index in [4.69, 9.17) is 0 Å². The highest BCUT2D eigenvalue weighted by Crippen LogP contribution is 2.10. The van der Waals surface area contributed by atoms with Crippen LogP contribution >= 0.6 is 0 Å². The van der Waals surface area contributed by atoms with Crippen molar-refractivity contribution in [2.75, 3.05) is 13.1 Å². The Morgan fingerprint density at radius 3 is 1.75 bits per heavy atom. The summed E-state index contributed by atoms with van der Waals surface area (Å²) in [6.45, 7) is 10.7. The maximum Gasteiger partial charge on any atom is 0.221 e. The largest absolute Gasteiger partial charge is 0.341 e. The molecule has 28 heavy (non-hydrogen) atoms. The quantitative estimate of drug-likeness (QED) is 0.134. The van der Waals surface area contributed by atoms with Gasteiger partial charge in [-0.3, -0.25) is 9.69 Å². The lowest BCUT2D eigenvalue weighted by molar-refractivity contribution is -0.123. The zero-order valence-corrected chi connectivity index (χ0v) is 19.6. The van der Waals surface area contributed by atoms with E-state index in [1.54, 1.807) is 0 Å². The fraction of sp³-hybridized carbons (Fsp3) is 0.880. The first kappa shape index (κ1) is 27.2. The SMILES string of the molecule is CCCCCCCC/C=C\CCCCCCCC(=O)NC(CC)N(CC)CC. The zero-order chi connectivity index (χ0) is 20.9. The van der Waals surface area contributed by atoms with Gasteiger partial charge in [-0.05, 0) is 51.6 Å². The molecule has 0 heterocycles. The predicted octanol–water partition coefficient (Wildman–Crippen LogP) is 7.22. The van der Waals surface area contributed by atoms with Gasteiger partial charge in [0.25, 0.3) is 0 Å². The van der Waals surface area contributed by atoms with Gasteiger partial charge in [-0.25, -0.2) is 0 Å². The standard InChI is InChI=1S/C25H50N2O/c1-5-9-10-11-12-13-14-15-16-17-18-19-20-21-22-23-25(28)26-24(6-2)27(7-3)8-4/h15-16,24H,5-14,17-23H2,1-4H3,(H,26,28)/b16-15-. The summed E-state index contributed by atoms with van der Waals surface area (Å²) in [6.07, 6.45) is 23.4. The molecule has 3 heteroatoms. The third-order valence-corrected chi connectivity index (χ3v) is 5.63. The number of carbonyl (C=O) groups excluding carboxylic acids is 1. The van der Waals surface area contributed by atoms with Crippen LogP contribution in [0.4, 0.5) is 0 Å². The summed E-state index contributed by atoms with van der Waals surface area (Å²) in [4.78, 5) is 14.5. The van der Waals surface area contributed by atoms with Crippen LogP contribution in [0.25, 0.3) is 0 Å². The Bertz CT molecular complexity index is 364. The fourth-order valence-electron chi connectivity index (χ4n) is 3.73. The lowest BCUT2D eigenvalue weighted by Crippen LogP contribution is -2.47. The van der Waals surface area contributed by atoms with Crippen molar-refractivity contribution in [2.24, 2.45) is 0 Å². The van der Waals surface area contributed by atoms with E-state index in [-0.39, 0.29) is 12.1 Å². The normalized spacial score (nSPS) is 12.8. The number of hydrogen-bond acceptors (Lipinski definition) is 2. The molecule has 0 aromatic heterocycles. The van der Waals surface area contributed by atoms with Crippen LogP contribution in [0.5, 0.6) is 0 Å². The van der Waals surface area contributed by atoms with Gasteiger partial charge in [0.05, 0.1) is 6.17 Å². The van der Waals surface area contributed by atoms with Crippen LogP contribution in [-0.2, 0) is 4.79 Å². The van der Waals surface area contributed by atoms with E-state index in [1.807, 2.05) is 0 Å². The van der Waals surface area contributed by atoms with E-state index in [1.165, 1.54) is 77.0 Å². The first-order valence-corrected chi connectivity index (χ1v) is 12.4. The summed E-state index contributed by atoms with van der Waals surface area (Å²) in [5, 5.41) is 3.20. The summed E-state index contributed by atoms with van der Waals surface area (Å²) in [7, 11) is 0. The summed E-state index contributed by atoms with van der Waals surface area (Å²) in [5.74, 6) is 0.219. The monoisotopic (exact) mass is 394 g/mol. The molecule has 0 aliphatic carbocycles. The van der Waals surface area contributed by atoms with Crippen molar-refractivity contribution >= 4 is 5.91 Å². The number of nitrogens with zero attached hydrogens (tertiary/aromatic N) is 1. The molecule has 3 nitrogen and oxygen atoms in total. The number of rotatable bonds is 20. The molecule has 0 spiro atoms. The fourth-order valence-corrected chi connectivity index (χ4v) is 3.73.